The molecule has 0 aromatic heterocycles. The van der Waals surface area contributed by atoms with Gasteiger partial charge < -0.3 is 4.90 Å². The molecule has 2 nitrogen and oxygen atoms in total. The zero-order valence-electron chi connectivity index (χ0n) is 10.8. The summed E-state index contributed by atoms with van der Waals surface area (Å²) in [7, 11) is 0. The van der Waals surface area contributed by atoms with E-state index in [4.69, 9.17) is 5.26 Å². The number of halogens is 1. The van der Waals surface area contributed by atoms with Crippen LogP contribution >= 0.6 is 0 Å². The molecule has 0 unspecified atom stereocenters. The van der Waals surface area contributed by atoms with E-state index in [9.17, 15) is 4.39 Å². The van der Waals surface area contributed by atoms with Crippen LogP contribution in [-0.4, -0.2) is 24.5 Å². The summed E-state index contributed by atoms with van der Waals surface area (Å²) in [6.45, 7) is 5.52. The third-order valence-corrected chi connectivity index (χ3v) is 3.70. The molecule has 96 valence electrons. The van der Waals surface area contributed by atoms with E-state index in [1.807, 2.05) is 0 Å². The Kier molecular flexibility index (Phi) is 4.33. The lowest BCUT2D eigenvalue weighted by Gasteiger charge is -2.32. The normalized spacial score (nSPS) is 17.6. The number of benzene rings is 1. The monoisotopic (exact) mass is 246 g/mol. The highest BCUT2D eigenvalue weighted by atomic mass is 19.1. The van der Waals surface area contributed by atoms with Crippen molar-refractivity contribution < 1.29 is 4.39 Å². The Morgan fingerprint density at radius 3 is 2.72 bits per heavy atom. The van der Waals surface area contributed by atoms with E-state index in [0.717, 1.165) is 38.0 Å². The van der Waals surface area contributed by atoms with Crippen molar-refractivity contribution in [3.63, 3.8) is 0 Å². The molecule has 0 bridgehead atoms. The Labute approximate surface area is 108 Å². The highest BCUT2D eigenvalue weighted by Crippen LogP contribution is 2.30. The van der Waals surface area contributed by atoms with Crippen LogP contribution in [0.3, 0.4) is 0 Å². The second kappa shape index (κ2) is 5.97. The molecule has 0 amide bonds. The molecule has 0 radical (unpaired) electrons. The molecule has 1 aliphatic rings. The van der Waals surface area contributed by atoms with Crippen LogP contribution in [-0.2, 0) is 0 Å². The Morgan fingerprint density at radius 1 is 1.39 bits per heavy atom. The molecule has 1 saturated heterocycles. The number of nitrogens with zero attached hydrogens (tertiary/aromatic N) is 2. The molecular weight excluding hydrogens is 227 g/mol. The second-order valence-electron chi connectivity index (χ2n) is 4.96. The zero-order valence-corrected chi connectivity index (χ0v) is 10.8. The van der Waals surface area contributed by atoms with E-state index in [-0.39, 0.29) is 5.82 Å². The van der Waals surface area contributed by atoms with Crippen molar-refractivity contribution in [1.29, 1.82) is 5.26 Å². The van der Waals surface area contributed by atoms with Crippen molar-refractivity contribution in [2.75, 3.05) is 19.6 Å². The van der Waals surface area contributed by atoms with Crippen LogP contribution in [0.5, 0.6) is 0 Å². The minimum absolute atomic E-state index is 0.321. The molecule has 18 heavy (non-hydrogen) atoms. The van der Waals surface area contributed by atoms with Crippen molar-refractivity contribution in [1.82, 2.24) is 4.90 Å². The molecule has 0 aliphatic carbocycles. The molecule has 0 atom stereocenters. The molecule has 0 N–H and O–H groups in total. The summed E-state index contributed by atoms with van der Waals surface area (Å²) >= 11 is 0. The van der Waals surface area contributed by atoms with Gasteiger partial charge in [-0.2, -0.15) is 5.26 Å². The Hall–Kier alpha value is -1.40. The van der Waals surface area contributed by atoms with Crippen molar-refractivity contribution >= 4 is 0 Å². The minimum Gasteiger partial charge on any atom is -0.303 e. The van der Waals surface area contributed by atoms with Crippen molar-refractivity contribution in [3.05, 3.63) is 35.1 Å². The Bertz CT molecular complexity index is 442. The lowest BCUT2D eigenvalue weighted by Crippen LogP contribution is -2.33. The highest BCUT2D eigenvalue weighted by molar-refractivity contribution is 5.40. The molecule has 1 aromatic rings. The van der Waals surface area contributed by atoms with Gasteiger partial charge in [-0.05, 0) is 62.5 Å². The average Bonchev–Trinajstić information content (AvgIpc) is 2.40. The maximum absolute atomic E-state index is 13.1. The van der Waals surface area contributed by atoms with Crippen LogP contribution in [0.25, 0.3) is 0 Å². The summed E-state index contributed by atoms with van der Waals surface area (Å²) in [5.74, 6) is 0.0899. The highest BCUT2D eigenvalue weighted by Gasteiger charge is 2.22. The summed E-state index contributed by atoms with van der Waals surface area (Å²) in [6.07, 6.45) is 3.32. The average molecular weight is 246 g/mol. The van der Waals surface area contributed by atoms with Gasteiger partial charge in [0.15, 0.2) is 0 Å². The predicted molar refractivity (Wildman–Crippen MR) is 69.8 cm³/mol. The third kappa shape index (κ3) is 2.88. The summed E-state index contributed by atoms with van der Waals surface area (Å²) in [6, 6.07) is 6.72. The first-order chi connectivity index (χ1) is 8.74. The van der Waals surface area contributed by atoms with Crippen LogP contribution in [0, 0.1) is 17.1 Å². The van der Waals surface area contributed by atoms with Gasteiger partial charge in [0.25, 0.3) is 0 Å². The molecular formula is C15H19FN2. The topological polar surface area (TPSA) is 27.0 Å². The molecule has 1 heterocycles. The summed E-state index contributed by atoms with van der Waals surface area (Å²) < 4.78 is 13.1. The molecule has 3 heteroatoms. The third-order valence-electron chi connectivity index (χ3n) is 3.70. The van der Waals surface area contributed by atoms with E-state index < -0.39 is 0 Å². The Balaban J connectivity index is 2.08. The van der Waals surface area contributed by atoms with E-state index in [1.54, 1.807) is 6.07 Å². The maximum Gasteiger partial charge on any atom is 0.124 e. The number of hydrogen-bond donors (Lipinski definition) is 0. The van der Waals surface area contributed by atoms with E-state index in [2.05, 4.69) is 17.9 Å². The quantitative estimate of drug-likeness (QED) is 0.818. The SMILES string of the molecule is CCCN1CCC(c2ccc(F)cc2C#N)CC1. The molecule has 1 aliphatic heterocycles. The Morgan fingerprint density at radius 2 is 2.11 bits per heavy atom. The second-order valence-corrected chi connectivity index (χ2v) is 4.96. The van der Waals surface area contributed by atoms with Crippen molar-refractivity contribution in [2.24, 2.45) is 0 Å². The van der Waals surface area contributed by atoms with Crippen LogP contribution in [0.1, 0.15) is 43.2 Å². The standard InChI is InChI=1S/C15H19FN2/c1-2-7-18-8-5-12(6-9-18)15-4-3-14(16)10-13(15)11-17/h3-4,10,12H,2,5-9H2,1H3. The lowest BCUT2D eigenvalue weighted by atomic mass is 9.86. The van der Waals surface area contributed by atoms with Crippen LogP contribution in [0.2, 0.25) is 0 Å². The van der Waals surface area contributed by atoms with Crippen molar-refractivity contribution in [2.45, 2.75) is 32.1 Å². The first kappa shape index (κ1) is 13.0. The number of likely N-dealkylation sites (tertiary alicyclic amines) is 1. The number of rotatable bonds is 3. The van der Waals surface area contributed by atoms with Gasteiger partial charge in [0.2, 0.25) is 0 Å². The molecule has 1 aromatic carbocycles. The summed E-state index contributed by atoms with van der Waals surface area (Å²) in [5.41, 5.74) is 1.53. The number of hydrogen-bond acceptors (Lipinski definition) is 2. The van der Waals surface area contributed by atoms with E-state index in [1.165, 1.54) is 18.6 Å². The van der Waals surface area contributed by atoms with Gasteiger partial charge >= 0.3 is 0 Å². The molecule has 2 rings (SSSR count). The fraction of sp³-hybridized carbons (Fsp3) is 0.533. The number of piperidine rings is 1. The van der Waals surface area contributed by atoms with Gasteiger partial charge in [-0.25, -0.2) is 4.39 Å². The zero-order chi connectivity index (χ0) is 13.0. The van der Waals surface area contributed by atoms with Crippen LogP contribution in [0.15, 0.2) is 18.2 Å². The van der Waals surface area contributed by atoms with Gasteiger partial charge in [-0.15, -0.1) is 0 Å². The fourth-order valence-corrected chi connectivity index (χ4v) is 2.77. The molecule has 0 spiro atoms. The van der Waals surface area contributed by atoms with Gasteiger partial charge in [-0.1, -0.05) is 13.0 Å². The fourth-order valence-electron chi connectivity index (χ4n) is 2.77. The van der Waals surface area contributed by atoms with E-state index >= 15 is 0 Å². The predicted octanol–water partition coefficient (Wildman–Crippen LogP) is 3.29. The maximum atomic E-state index is 13.1. The summed E-state index contributed by atoms with van der Waals surface area (Å²) in [5, 5.41) is 9.08. The molecule has 1 fully saturated rings. The lowest BCUT2D eigenvalue weighted by molar-refractivity contribution is 0.212. The van der Waals surface area contributed by atoms with Crippen molar-refractivity contribution in [3.8, 4) is 6.07 Å². The smallest absolute Gasteiger partial charge is 0.124 e. The largest absolute Gasteiger partial charge is 0.303 e. The van der Waals surface area contributed by atoms with Gasteiger partial charge in [0.05, 0.1) is 11.6 Å². The minimum atomic E-state index is -0.321. The van der Waals surface area contributed by atoms with Gasteiger partial charge in [-0.3, -0.25) is 0 Å². The van der Waals surface area contributed by atoms with E-state index in [0.29, 0.717) is 11.5 Å². The van der Waals surface area contributed by atoms with Crippen LogP contribution in [0.4, 0.5) is 4.39 Å². The molecule has 0 saturated carbocycles. The van der Waals surface area contributed by atoms with Crippen LogP contribution < -0.4 is 0 Å². The first-order valence-electron chi connectivity index (χ1n) is 6.66. The van der Waals surface area contributed by atoms with Gasteiger partial charge in [0, 0.05) is 0 Å². The first-order valence-corrected chi connectivity index (χ1v) is 6.66. The van der Waals surface area contributed by atoms with Gasteiger partial charge in [0.1, 0.15) is 5.82 Å². The summed E-state index contributed by atoms with van der Waals surface area (Å²) in [4.78, 5) is 2.46. The number of nitriles is 1.